The summed E-state index contributed by atoms with van der Waals surface area (Å²) < 4.78 is 11.5. The average molecular weight is 365 g/mol. The van der Waals surface area contributed by atoms with E-state index in [1.165, 1.54) is 31.8 Å². The molecule has 1 aliphatic rings. The van der Waals surface area contributed by atoms with Gasteiger partial charge in [-0.2, -0.15) is 4.98 Å². The fraction of sp³-hybridized carbons (Fsp3) is 0.647. The van der Waals surface area contributed by atoms with Crippen LogP contribution in [-0.4, -0.2) is 43.9 Å². The van der Waals surface area contributed by atoms with Gasteiger partial charge in [-0.3, -0.25) is 14.6 Å². The molecular formula is C17H27N5O4. The van der Waals surface area contributed by atoms with E-state index in [1.807, 2.05) is 5.48 Å². The Morgan fingerprint density at radius 3 is 2.69 bits per heavy atom. The number of nitrogens with zero attached hydrogens (tertiary/aromatic N) is 4. The van der Waals surface area contributed by atoms with Gasteiger partial charge in [0.25, 0.3) is 0 Å². The van der Waals surface area contributed by atoms with Gasteiger partial charge in [0.2, 0.25) is 5.95 Å². The van der Waals surface area contributed by atoms with Gasteiger partial charge in [-0.25, -0.2) is 15.4 Å². The zero-order valence-corrected chi connectivity index (χ0v) is 15.2. The molecule has 0 saturated carbocycles. The number of hydrogen-bond donors (Lipinski definition) is 2. The smallest absolute Gasteiger partial charge is 0.307 e. The molecule has 0 aliphatic carbocycles. The van der Waals surface area contributed by atoms with Crippen LogP contribution in [0.3, 0.4) is 0 Å². The summed E-state index contributed by atoms with van der Waals surface area (Å²) in [6.45, 7) is 4.21. The summed E-state index contributed by atoms with van der Waals surface area (Å²) in [7, 11) is 0. The number of ether oxygens (including phenoxy) is 2. The standard InChI is InChI=1S/C14H21N5O3.C3H6O/c1-2-3-4-5-6-7-12(20)22-10-19-9-16-11-8-15-14(18-21)17-13(11)19;1-2-4-3-1/h8-9,21H,2-7,10H2,1H3,(H,15,17,18);1-3H2. The van der Waals surface area contributed by atoms with Crippen LogP contribution < -0.4 is 5.48 Å². The lowest BCUT2D eigenvalue weighted by atomic mass is 10.1. The van der Waals surface area contributed by atoms with Gasteiger partial charge in [0.15, 0.2) is 12.4 Å². The molecule has 0 aromatic carbocycles. The minimum atomic E-state index is -0.229. The fourth-order valence-corrected chi connectivity index (χ4v) is 2.23. The van der Waals surface area contributed by atoms with Crippen LogP contribution >= 0.6 is 0 Å². The Morgan fingerprint density at radius 2 is 2.04 bits per heavy atom. The molecule has 0 radical (unpaired) electrons. The molecule has 1 saturated heterocycles. The van der Waals surface area contributed by atoms with Gasteiger partial charge in [0.1, 0.15) is 5.52 Å². The van der Waals surface area contributed by atoms with E-state index in [2.05, 4.69) is 21.9 Å². The molecule has 144 valence electrons. The van der Waals surface area contributed by atoms with Gasteiger partial charge in [0.05, 0.1) is 12.5 Å². The Labute approximate surface area is 152 Å². The number of aromatic nitrogens is 4. The van der Waals surface area contributed by atoms with Crippen molar-refractivity contribution in [2.45, 2.75) is 58.6 Å². The van der Waals surface area contributed by atoms with Crippen molar-refractivity contribution in [2.24, 2.45) is 0 Å². The molecule has 1 aliphatic heterocycles. The number of esters is 1. The maximum Gasteiger partial charge on any atom is 0.307 e. The Hall–Kier alpha value is -2.26. The summed E-state index contributed by atoms with van der Waals surface area (Å²) in [6.07, 6.45) is 10.2. The van der Waals surface area contributed by atoms with Crippen molar-refractivity contribution in [3.8, 4) is 0 Å². The summed E-state index contributed by atoms with van der Waals surface area (Å²) in [5.41, 5.74) is 2.93. The third-order valence-electron chi connectivity index (χ3n) is 3.88. The molecule has 1 fully saturated rings. The number of hydrogen-bond acceptors (Lipinski definition) is 8. The lowest BCUT2D eigenvalue weighted by Gasteiger charge is -2.09. The minimum Gasteiger partial charge on any atom is -0.444 e. The van der Waals surface area contributed by atoms with E-state index in [0.717, 1.165) is 32.5 Å². The topological polar surface area (TPSA) is 111 Å². The Balaban J connectivity index is 0.000000534. The highest BCUT2D eigenvalue weighted by atomic mass is 16.5. The van der Waals surface area contributed by atoms with Gasteiger partial charge in [0, 0.05) is 19.6 Å². The van der Waals surface area contributed by atoms with Crippen molar-refractivity contribution in [3.63, 3.8) is 0 Å². The van der Waals surface area contributed by atoms with E-state index in [0.29, 0.717) is 17.6 Å². The number of fused-ring (bicyclic) bond motifs is 1. The summed E-state index contributed by atoms with van der Waals surface area (Å²) in [6, 6.07) is 0. The Kier molecular flexibility index (Phi) is 8.77. The van der Waals surface area contributed by atoms with Crippen LogP contribution in [0, 0.1) is 0 Å². The van der Waals surface area contributed by atoms with Crippen molar-refractivity contribution in [2.75, 3.05) is 18.7 Å². The molecule has 0 bridgehead atoms. The quantitative estimate of drug-likeness (QED) is 0.396. The predicted octanol–water partition coefficient (Wildman–Crippen LogP) is 2.90. The first kappa shape index (κ1) is 20.1. The Morgan fingerprint density at radius 1 is 1.31 bits per heavy atom. The molecule has 2 aromatic heterocycles. The van der Waals surface area contributed by atoms with E-state index < -0.39 is 0 Å². The van der Waals surface area contributed by atoms with Crippen molar-refractivity contribution in [3.05, 3.63) is 12.5 Å². The molecule has 9 nitrogen and oxygen atoms in total. The van der Waals surface area contributed by atoms with Crippen LogP contribution in [0.5, 0.6) is 0 Å². The molecule has 0 amide bonds. The maximum atomic E-state index is 11.7. The van der Waals surface area contributed by atoms with Crippen molar-refractivity contribution >= 4 is 23.1 Å². The first-order valence-corrected chi connectivity index (χ1v) is 9.06. The third kappa shape index (κ3) is 6.57. The van der Waals surface area contributed by atoms with Gasteiger partial charge in [-0.05, 0) is 12.8 Å². The zero-order chi connectivity index (χ0) is 18.6. The second kappa shape index (κ2) is 11.4. The normalized spacial score (nSPS) is 12.8. The van der Waals surface area contributed by atoms with Crippen LogP contribution in [-0.2, 0) is 21.0 Å². The highest BCUT2D eigenvalue weighted by Gasteiger charge is 2.08. The molecule has 3 heterocycles. The molecule has 9 heteroatoms. The molecular weight excluding hydrogens is 338 g/mol. The highest BCUT2D eigenvalue weighted by molar-refractivity contribution is 5.71. The first-order valence-electron chi connectivity index (χ1n) is 9.06. The second-order valence-corrected chi connectivity index (χ2v) is 6.00. The second-order valence-electron chi connectivity index (χ2n) is 6.00. The van der Waals surface area contributed by atoms with Crippen LogP contribution in [0.1, 0.15) is 51.9 Å². The van der Waals surface area contributed by atoms with E-state index in [1.54, 1.807) is 4.57 Å². The number of nitrogens with one attached hydrogen (secondary N) is 1. The summed E-state index contributed by atoms with van der Waals surface area (Å²) in [4.78, 5) is 23.7. The van der Waals surface area contributed by atoms with Crippen molar-refractivity contribution in [1.82, 2.24) is 19.5 Å². The van der Waals surface area contributed by atoms with Crippen LogP contribution in [0.4, 0.5) is 5.95 Å². The van der Waals surface area contributed by atoms with E-state index in [4.69, 9.17) is 14.7 Å². The van der Waals surface area contributed by atoms with E-state index in [9.17, 15) is 4.79 Å². The molecule has 2 N–H and O–H groups in total. The lowest BCUT2D eigenvalue weighted by molar-refractivity contribution is -0.147. The summed E-state index contributed by atoms with van der Waals surface area (Å²) in [5, 5.41) is 8.81. The predicted molar refractivity (Wildman–Crippen MR) is 95.6 cm³/mol. The average Bonchev–Trinajstić information content (AvgIpc) is 3.00. The number of carbonyl (C=O) groups excluding carboxylic acids is 1. The molecule has 26 heavy (non-hydrogen) atoms. The lowest BCUT2D eigenvalue weighted by Crippen LogP contribution is -2.09. The zero-order valence-electron chi connectivity index (χ0n) is 15.2. The molecule has 3 rings (SSSR count). The number of unbranched alkanes of at least 4 members (excludes halogenated alkanes) is 4. The number of anilines is 1. The summed E-state index contributed by atoms with van der Waals surface area (Å²) >= 11 is 0. The van der Waals surface area contributed by atoms with Gasteiger partial charge in [-0.1, -0.05) is 32.6 Å². The molecule has 0 atom stereocenters. The van der Waals surface area contributed by atoms with Crippen molar-refractivity contribution < 1.29 is 19.5 Å². The minimum absolute atomic E-state index is 0.0478. The summed E-state index contributed by atoms with van der Waals surface area (Å²) in [5.74, 6) is -0.163. The van der Waals surface area contributed by atoms with Crippen molar-refractivity contribution in [1.29, 1.82) is 0 Å². The Bertz CT molecular complexity index is 668. The van der Waals surface area contributed by atoms with Gasteiger partial charge >= 0.3 is 5.97 Å². The molecule has 0 unspecified atom stereocenters. The van der Waals surface area contributed by atoms with Crippen LogP contribution in [0.25, 0.3) is 11.2 Å². The van der Waals surface area contributed by atoms with Gasteiger partial charge in [-0.15, -0.1) is 0 Å². The highest BCUT2D eigenvalue weighted by Crippen LogP contribution is 2.12. The molecule has 0 spiro atoms. The number of imidazole rings is 1. The van der Waals surface area contributed by atoms with Crippen LogP contribution in [0.15, 0.2) is 12.5 Å². The van der Waals surface area contributed by atoms with E-state index in [-0.39, 0.29) is 18.6 Å². The largest absolute Gasteiger partial charge is 0.444 e. The SMILES string of the molecule is C1COC1.CCCCCCCC(=O)OCn1cnc2cnc(NO)nc21. The maximum absolute atomic E-state index is 11.7. The fourth-order valence-electron chi connectivity index (χ4n) is 2.23. The van der Waals surface area contributed by atoms with E-state index >= 15 is 0 Å². The first-order chi connectivity index (χ1) is 12.7. The monoisotopic (exact) mass is 365 g/mol. The number of carbonyl (C=O) groups is 1. The van der Waals surface area contributed by atoms with Gasteiger partial charge < -0.3 is 9.47 Å². The third-order valence-corrected chi connectivity index (χ3v) is 3.88. The molecule has 2 aromatic rings. The number of rotatable bonds is 9. The van der Waals surface area contributed by atoms with Crippen LogP contribution in [0.2, 0.25) is 0 Å².